The normalized spacial score (nSPS) is 12.1. The Bertz CT molecular complexity index is 811. The van der Waals surface area contributed by atoms with E-state index >= 15 is 0 Å². The van der Waals surface area contributed by atoms with Gasteiger partial charge in [0.05, 0.1) is 12.8 Å². The van der Waals surface area contributed by atoms with Crippen molar-refractivity contribution in [3.63, 3.8) is 0 Å². The first kappa shape index (κ1) is 19.8. The quantitative estimate of drug-likeness (QED) is 0.333. The highest BCUT2D eigenvalue weighted by Gasteiger charge is 2.26. The van der Waals surface area contributed by atoms with Gasteiger partial charge < -0.3 is 15.1 Å². The van der Waals surface area contributed by atoms with Gasteiger partial charge in [0.2, 0.25) is 0 Å². The third-order valence-electron chi connectivity index (χ3n) is 3.90. The van der Waals surface area contributed by atoms with Crippen molar-refractivity contribution in [1.82, 2.24) is 0 Å². The maximum Gasteiger partial charge on any atom is 0.339 e. The molecule has 2 N–H and O–H groups in total. The summed E-state index contributed by atoms with van der Waals surface area (Å²) in [6.07, 6.45) is 0. The van der Waals surface area contributed by atoms with E-state index in [0.29, 0.717) is 22.8 Å². The first-order chi connectivity index (χ1) is 12.3. The van der Waals surface area contributed by atoms with Gasteiger partial charge in [0, 0.05) is 21.8 Å². The average molecular weight is 373 g/mol. The topological polar surface area (TPSA) is 79.1 Å². The maximum absolute atomic E-state index is 11.7. The first-order valence-corrected chi connectivity index (χ1v) is 9.11. The molecule has 0 unspecified atom stereocenters. The Morgan fingerprint density at radius 2 is 1.85 bits per heavy atom. The highest BCUT2D eigenvalue weighted by molar-refractivity contribution is 8.00. The van der Waals surface area contributed by atoms with Crippen LogP contribution in [0.1, 0.15) is 42.3 Å². The molecule has 0 bridgehead atoms. The number of thioether (sulfide) groups is 1. The van der Waals surface area contributed by atoms with Gasteiger partial charge in [-0.1, -0.05) is 44.1 Å². The maximum atomic E-state index is 11.7. The van der Waals surface area contributed by atoms with E-state index in [9.17, 15) is 15.1 Å². The van der Waals surface area contributed by atoms with Gasteiger partial charge in [-0.05, 0) is 29.7 Å². The second-order valence-corrected chi connectivity index (χ2v) is 7.86. The van der Waals surface area contributed by atoms with E-state index in [1.165, 1.54) is 24.9 Å². The Morgan fingerprint density at radius 1 is 1.19 bits per heavy atom. The lowest BCUT2D eigenvalue weighted by Crippen LogP contribution is -2.18. The van der Waals surface area contributed by atoms with Gasteiger partial charge in [0.15, 0.2) is 0 Å². The Balaban J connectivity index is 2.46. The molecule has 138 valence electrons. The van der Waals surface area contributed by atoms with E-state index < -0.39 is 5.97 Å². The van der Waals surface area contributed by atoms with Crippen LogP contribution >= 0.6 is 11.8 Å². The van der Waals surface area contributed by atoms with Crippen LogP contribution in [0, 0.1) is 0 Å². The second kappa shape index (κ2) is 8.27. The van der Waals surface area contributed by atoms with Crippen LogP contribution < -0.4 is 4.74 Å². The first-order valence-electron chi connectivity index (χ1n) is 8.13. The molecule has 2 aromatic rings. The molecule has 5 nitrogen and oxygen atoms in total. The van der Waals surface area contributed by atoms with Crippen LogP contribution in [0.4, 0.5) is 0 Å². The van der Waals surface area contributed by atoms with Gasteiger partial charge in [-0.15, -0.1) is 11.8 Å². The van der Waals surface area contributed by atoms with Crippen molar-refractivity contribution in [3.8, 4) is 5.75 Å². The smallest absolute Gasteiger partial charge is 0.339 e. The van der Waals surface area contributed by atoms with Crippen LogP contribution in [0.2, 0.25) is 0 Å². The summed E-state index contributed by atoms with van der Waals surface area (Å²) in [4.78, 5) is 12.8. The third-order valence-corrected chi connectivity index (χ3v) is 4.93. The van der Waals surface area contributed by atoms with Crippen LogP contribution in [0.5, 0.6) is 5.75 Å². The summed E-state index contributed by atoms with van der Waals surface area (Å²) >= 11 is 1.52. The Hall–Kier alpha value is -2.47. The molecule has 6 heteroatoms. The zero-order chi connectivity index (χ0) is 19.3. The van der Waals surface area contributed by atoms with Gasteiger partial charge in [0.25, 0.3) is 0 Å². The Labute approximate surface area is 157 Å². The molecule has 0 atom stereocenters. The van der Waals surface area contributed by atoms with Gasteiger partial charge in [-0.3, -0.25) is 0 Å². The molecular formula is C20H23NO4S. The standard InChI is InChI=1S/C20H23NO4S/c1-20(2,3)16-11-13(10-15(19(22)23)18(16)25-4)17(21-24)12-26-14-8-6-5-7-9-14/h5-11,24H,12H2,1-4H3,(H,22,23)/b21-17+. The van der Waals surface area contributed by atoms with Gasteiger partial charge in [-0.2, -0.15) is 0 Å². The lowest BCUT2D eigenvalue weighted by molar-refractivity contribution is 0.0693. The van der Waals surface area contributed by atoms with Crippen molar-refractivity contribution in [3.05, 3.63) is 59.2 Å². The van der Waals surface area contributed by atoms with Crippen molar-refractivity contribution in [2.75, 3.05) is 12.9 Å². The number of benzene rings is 2. The van der Waals surface area contributed by atoms with E-state index in [4.69, 9.17) is 4.74 Å². The number of carboxylic acids is 1. The number of hydrogen-bond donors (Lipinski definition) is 2. The molecule has 26 heavy (non-hydrogen) atoms. The van der Waals surface area contributed by atoms with E-state index in [1.54, 1.807) is 0 Å². The molecule has 0 aromatic heterocycles. The number of oxime groups is 1. The van der Waals surface area contributed by atoms with Crippen molar-refractivity contribution < 1.29 is 19.8 Å². The average Bonchev–Trinajstić information content (AvgIpc) is 2.61. The van der Waals surface area contributed by atoms with Gasteiger partial charge in [0.1, 0.15) is 11.3 Å². The van der Waals surface area contributed by atoms with Gasteiger partial charge in [-0.25, -0.2) is 4.79 Å². The molecule has 0 saturated heterocycles. The summed E-state index contributed by atoms with van der Waals surface area (Å²) in [7, 11) is 1.46. The summed E-state index contributed by atoms with van der Waals surface area (Å²) in [6.45, 7) is 5.94. The summed E-state index contributed by atoms with van der Waals surface area (Å²) < 4.78 is 5.37. The van der Waals surface area contributed by atoms with Crippen LogP contribution in [-0.4, -0.2) is 34.9 Å². The zero-order valence-corrected chi connectivity index (χ0v) is 16.1. The van der Waals surface area contributed by atoms with Crippen molar-refractivity contribution in [1.29, 1.82) is 0 Å². The summed E-state index contributed by atoms with van der Waals surface area (Å²) in [5, 5.41) is 22.5. The summed E-state index contributed by atoms with van der Waals surface area (Å²) in [6, 6.07) is 13.1. The highest BCUT2D eigenvalue weighted by atomic mass is 32.2. The highest BCUT2D eigenvalue weighted by Crippen LogP contribution is 2.36. The fourth-order valence-corrected chi connectivity index (χ4v) is 3.45. The molecule has 0 radical (unpaired) electrons. The molecule has 0 heterocycles. The fourth-order valence-electron chi connectivity index (χ4n) is 2.57. The minimum Gasteiger partial charge on any atom is -0.496 e. The van der Waals surface area contributed by atoms with E-state index in [2.05, 4.69) is 5.16 Å². The van der Waals surface area contributed by atoms with Crippen molar-refractivity contribution >= 4 is 23.4 Å². The van der Waals surface area contributed by atoms with Crippen LogP contribution in [0.25, 0.3) is 0 Å². The minimum absolute atomic E-state index is 0.0563. The molecule has 2 rings (SSSR count). The van der Waals surface area contributed by atoms with Crippen LogP contribution in [-0.2, 0) is 5.41 Å². The molecule has 0 fully saturated rings. The molecule has 0 amide bonds. The molecule has 0 aliphatic rings. The van der Waals surface area contributed by atoms with Crippen LogP contribution in [0.15, 0.2) is 52.5 Å². The summed E-state index contributed by atoms with van der Waals surface area (Å²) in [5.41, 5.74) is 1.45. The largest absolute Gasteiger partial charge is 0.496 e. The minimum atomic E-state index is -1.08. The van der Waals surface area contributed by atoms with Crippen molar-refractivity contribution in [2.45, 2.75) is 31.1 Å². The van der Waals surface area contributed by atoms with E-state index in [1.807, 2.05) is 57.2 Å². The number of nitrogens with zero attached hydrogens (tertiary/aromatic N) is 1. The van der Waals surface area contributed by atoms with Gasteiger partial charge >= 0.3 is 5.97 Å². The van der Waals surface area contributed by atoms with Crippen molar-refractivity contribution in [2.24, 2.45) is 5.16 Å². The number of aromatic carboxylic acids is 1. The predicted molar refractivity (Wildman–Crippen MR) is 104 cm³/mol. The number of ether oxygens (including phenoxy) is 1. The summed E-state index contributed by atoms with van der Waals surface area (Å²) in [5.74, 6) is -0.334. The molecule has 0 aliphatic heterocycles. The zero-order valence-electron chi connectivity index (χ0n) is 15.3. The number of rotatable bonds is 6. The molecule has 0 aliphatic carbocycles. The number of carboxylic acid groups (broad SMARTS) is 1. The molecular weight excluding hydrogens is 350 g/mol. The predicted octanol–water partition coefficient (Wildman–Crippen LogP) is 4.66. The number of methoxy groups -OCH3 is 1. The number of carbonyl (C=O) groups is 1. The lowest BCUT2D eigenvalue weighted by atomic mass is 9.83. The second-order valence-electron chi connectivity index (χ2n) is 6.81. The van der Waals surface area contributed by atoms with Crippen LogP contribution in [0.3, 0.4) is 0 Å². The lowest BCUT2D eigenvalue weighted by Gasteiger charge is -2.24. The SMILES string of the molecule is COc1c(C(=O)O)cc(/C(CSc2ccccc2)=N/O)cc1C(C)(C)C. The van der Waals surface area contributed by atoms with E-state index in [0.717, 1.165) is 10.5 Å². The molecule has 2 aromatic carbocycles. The monoisotopic (exact) mass is 373 g/mol. The Kier molecular flexibility index (Phi) is 6.32. The third kappa shape index (κ3) is 4.58. The van der Waals surface area contributed by atoms with E-state index in [-0.39, 0.29) is 11.0 Å². The number of hydrogen-bond acceptors (Lipinski definition) is 5. The molecule has 0 saturated carbocycles. The Morgan fingerprint density at radius 3 is 2.35 bits per heavy atom. The fraction of sp³-hybridized carbons (Fsp3) is 0.300. The molecule has 0 spiro atoms.